The van der Waals surface area contributed by atoms with Crippen LogP contribution in [0.25, 0.3) is 0 Å². The van der Waals surface area contributed by atoms with E-state index in [1.54, 1.807) is 36.5 Å². The molecule has 0 unspecified atom stereocenters. The number of rotatable bonds is 9. The van der Waals surface area contributed by atoms with E-state index in [2.05, 4.69) is 4.98 Å². The van der Waals surface area contributed by atoms with E-state index in [-0.39, 0.29) is 6.79 Å². The molecule has 0 radical (unpaired) electrons. The summed E-state index contributed by atoms with van der Waals surface area (Å²) in [6, 6.07) is 19.2. The molecule has 0 atom stereocenters. The van der Waals surface area contributed by atoms with Crippen molar-refractivity contribution in [1.82, 2.24) is 9.88 Å². The van der Waals surface area contributed by atoms with Gasteiger partial charge in [-0.15, -0.1) is 0 Å². The second-order valence-electron chi connectivity index (χ2n) is 7.13. The van der Waals surface area contributed by atoms with Gasteiger partial charge >= 0.3 is 6.09 Å². The van der Waals surface area contributed by atoms with Gasteiger partial charge in [0.15, 0.2) is 0 Å². The third-order valence-corrected chi connectivity index (χ3v) is 4.66. The molecule has 1 amide bonds. The van der Waals surface area contributed by atoms with Crippen molar-refractivity contribution in [2.45, 2.75) is 13.1 Å². The Bertz CT molecular complexity index is 945. The molecule has 0 fully saturated rings. The lowest BCUT2D eigenvalue weighted by Crippen LogP contribution is -2.31. The van der Waals surface area contributed by atoms with Crippen molar-refractivity contribution in [2.24, 2.45) is 0 Å². The number of methoxy groups -OCH3 is 1. The number of amides is 1. The van der Waals surface area contributed by atoms with Crippen LogP contribution in [0.1, 0.15) is 11.1 Å². The zero-order valence-corrected chi connectivity index (χ0v) is 18.0. The van der Waals surface area contributed by atoms with E-state index in [4.69, 9.17) is 14.2 Å². The second-order valence-corrected chi connectivity index (χ2v) is 7.13. The van der Waals surface area contributed by atoms with Gasteiger partial charge in [0.2, 0.25) is 6.79 Å². The number of hydrogen-bond donors (Lipinski definition) is 0. The van der Waals surface area contributed by atoms with Gasteiger partial charge in [-0.05, 0) is 47.5 Å². The van der Waals surface area contributed by atoms with Crippen molar-refractivity contribution in [3.8, 4) is 11.5 Å². The van der Waals surface area contributed by atoms with E-state index in [1.807, 2.05) is 67.5 Å². The molecule has 0 saturated heterocycles. The number of carbonyl (C=O) groups is 1. The Morgan fingerprint density at radius 1 is 0.903 bits per heavy atom. The van der Waals surface area contributed by atoms with Gasteiger partial charge in [-0.25, -0.2) is 4.79 Å². The summed E-state index contributed by atoms with van der Waals surface area (Å²) in [4.78, 5) is 20.5. The molecule has 1 aromatic heterocycles. The Morgan fingerprint density at radius 2 is 1.55 bits per heavy atom. The van der Waals surface area contributed by atoms with E-state index >= 15 is 0 Å². The molecule has 0 bridgehead atoms. The largest absolute Gasteiger partial charge is 0.497 e. The quantitative estimate of drug-likeness (QED) is 0.479. The van der Waals surface area contributed by atoms with E-state index in [9.17, 15) is 4.79 Å². The number of ether oxygens (including phenoxy) is 3. The van der Waals surface area contributed by atoms with Crippen LogP contribution in [-0.2, 0) is 17.8 Å². The molecule has 7 heteroatoms. The fourth-order valence-electron chi connectivity index (χ4n) is 2.93. The highest BCUT2D eigenvalue weighted by Gasteiger charge is 2.17. The molecule has 2 aromatic carbocycles. The highest BCUT2D eigenvalue weighted by atomic mass is 16.7. The number of carbonyl (C=O) groups excluding carboxylic acids is 1. The molecule has 0 aliphatic carbocycles. The maximum Gasteiger partial charge on any atom is 0.413 e. The van der Waals surface area contributed by atoms with Crippen LogP contribution in [0.5, 0.6) is 11.5 Å². The summed E-state index contributed by atoms with van der Waals surface area (Å²) in [6.45, 7) is 0.611. The van der Waals surface area contributed by atoms with E-state index in [0.29, 0.717) is 18.8 Å². The molecule has 3 rings (SSSR count). The van der Waals surface area contributed by atoms with Crippen LogP contribution < -0.4 is 14.4 Å². The summed E-state index contributed by atoms with van der Waals surface area (Å²) in [5, 5.41) is 0. The third-order valence-electron chi connectivity index (χ3n) is 4.66. The van der Waals surface area contributed by atoms with Crippen molar-refractivity contribution >= 4 is 11.8 Å². The zero-order chi connectivity index (χ0) is 22.1. The molecule has 0 saturated carbocycles. The molecule has 1 heterocycles. The number of hydrogen-bond acceptors (Lipinski definition) is 6. The minimum Gasteiger partial charge on any atom is -0.497 e. The van der Waals surface area contributed by atoms with Gasteiger partial charge in [0.1, 0.15) is 11.5 Å². The number of anilines is 1. The first-order valence-electron chi connectivity index (χ1n) is 9.89. The van der Waals surface area contributed by atoms with Crippen LogP contribution in [0.4, 0.5) is 10.5 Å². The maximum absolute atomic E-state index is 12.8. The minimum atomic E-state index is -0.462. The monoisotopic (exact) mass is 421 g/mol. The molecular formula is C24H27N3O4. The lowest BCUT2D eigenvalue weighted by Gasteiger charge is -2.23. The maximum atomic E-state index is 12.8. The fraction of sp³-hybridized carbons (Fsp3) is 0.250. The molecule has 7 nitrogen and oxygen atoms in total. The number of aromatic nitrogens is 1. The third kappa shape index (κ3) is 6.64. The summed E-state index contributed by atoms with van der Waals surface area (Å²) in [7, 11) is 5.60. The Kier molecular flexibility index (Phi) is 7.70. The van der Waals surface area contributed by atoms with Gasteiger partial charge in [0.25, 0.3) is 0 Å². The van der Waals surface area contributed by atoms with Gasteiger partial charge in [-0.1, -0.05) is 24.3 Å². The molecule has 162 valence electrons. The summed E-state index contributed by atoms with van der Waals surface area (Å²) >= 11 is 0. The number of benzene rings is 2. The molecular weight excluding hydrogens is 394 g/mol. The average molecular weight is 421 g/mol. The molecule has 0 spiro atoms. The predicted molar refractivity (Wildman–Crippen MR) is 119 cm³/mol. The van der Waals surface area contributed by atoms with Crippen LogP contribution in [0.15, 0.2) is 73.1 Å². The summed E-state index contributed by atoms with van der Waals surface area (Å²) < 4.78 is 16.0. The van der Waals surface area contributed by atoms with Crippen LogP contribution in [-0.4, -0.2) is 44.0 Å². The van der Waals surface area contributed by atoms with Crippen LogP contribution >= 0.6 is 0 Å². The SMILES string of the molecule is COc1ccc(CN(Cc2ccc(N(C)C)cc2)C(=O)OCOc2cccnc2)cc1. The molecule has 31 heavy (non-hydrogen) atoms. The molecule has 3 aromatic rings. The van der Waals surface area contributed by atoms with Crippen molar-refractivity contribution in [1.29, 1.82) is 0 Å². The van der Waals surface area contributed by atoms with Gasteiger partial charge < -0.3 is 19.1 Å². The highest BCUT2D eigenvalue weighted by Crippen LogP contribution is 2.18. The fourth-order valence-corrected chi connectivity index (χ4v) is 2.93. The van der Waals surface area contributed by atoms with Gasteiger partial charge in [0, 0.05) is 39.1 Å². The van der Waals surface area contributed by atoms with E-state index in [0.717, 1.165) is 22.6 Å². The number of pyridine rings is 1. The van der Waals surface area contributed by atoms with Crippen LogP contribution in [0, 0.1) is 0 Å². The molecule has 0 N–H and O–H groups in total. The van der Waals surface area contributed by atoms with Crippen molar-refractivity contribution < 1.29 is 19.0 Å². The first-order chi connectivity index (χ1) is 15.0. The van der Waals surface area contributed by atoms with Crippen molar-refractivity contribution in [3.63, 3.8) is 0 Å². The summed E-state index contributed by atoms with van der Waals surface area (Å²) in [5.74, 6) is 1.30. The lowest BCUT2D eigenvalue weighted by atomic mass is 10.1. The van der Waals surface area contributed by atoms with Crippen LogP contribution in [0.3, 0.4) is 0 Å². The highest BCUT2D eigenvalue weighted by molar-refractivity contribution is 5.67. The normalized spacial score (nSPS) is 10.3. The number of nitrogens with zero attached hydrogens (tertiary/aromatic N) is 3. The lowest BCUT2D eigenvalue weighted by molar-refractivity contribution is 0.0317. The minimum absolute atomic E-state index is 0.191. The van der Waals surface area contributed by atoms with Gasteiger partial charge in [0.05, 0.1) is 13.3 Å². The van der Waals surface area contributed by atoms with Crippen LogP contribution in [0.2, 0.25) is 0 Å². The second kappa shape index (κ2) is 10.9. The Hall–Kier alpha value is -3.74. The van der Waals surface area contributed by atoms with E-state index in [1.165, 1.54) is 0 Å². The average Bonchev–Trinajstić information content (AvgIpc) is 2.80. The van der Waals surface area contributed by atoms with Gasteiger partial charge in [-0.2, -0.15) is 0 Å². The Balaban J connectivity index is 1.68. The predicted octanol–water partition coefficient (Wildman–Crippen LogP) is 4.33. The topological polar surface area (TPSA) is 64.1 Å². The summed E-state index contributed by atoms with van der Waals surface area (Å²) in [5.41, 5.74) is 3.07. The van der Waals surface area contributed by atoms with E-state index < -0.39 is 6.09 Å². The first kappa shape index (κ1) is 22.0. The molecule has 0 aliphatic rings. The standard InChI is InChI=1S/C24H27N3O4/c1-26(2)21-10-6-19(7-11-21)16-27(17-20-8-12-22(29-3)13-9-20)24(28)31-18-30-23-5-4-14-25-15-23/h4-15H,16-18H2,1-3H3. The first-order valence-corrected chi connectivity index (χ1v) is 9.89. The van der Waals surface area contributed by atoms with Crippen molar-refractivity contribution in [3.05, 3.63) is 84.2 Å². The summed E-state index contributed by atoms with van der Waals surface area (Å²) in [6.07, 6.45) is 2.75. The Labute approximate surface area is 182 Å². The molecule has 0 aliphatic heterocycles. The Morgan fingerprint density at radius 3 is 2.10 bits per heavy atom. The zero-order valence-electron chi connectivity index (χ0n) is 18.0. The van der Waals surface area contributed by atoms with Gasteiger partial charge in [-0.3, -0.25) is 9.88 Å². The smallest absolute Gasteiger partial charge is 0.413 e. The van der Waals surface area contributed by atoms with Crippen molar-refractivity contribution in [2.75, 3.05) is 32.9 Å².